The summed E-state index contributed by atoms with van der Waals surface area (Å²) in [6.07, 6.45) is 0.151. The molecule has 0 saturated heterocycles. The van der Waals surface area contributed by atoms with Crippen molar-refractivity contribution in [3.8, 4) is 0 Å². The Hall–Kier alpha value is -1.94. The van der Waals surface area contributed by atoms with Crippen LogP contribution in [0.1, 0.15) is 20.3 Å². The topological polar surface area (TPSA) is 146 Å². The molecule has 0 bridgehead atoms. The number of aliphatic carboxylic acids is 1. The summed E-state index contributed by atoms with van der Waals surface area (Å²) in [4.78, 5) is 22.8. The van der Waals surface area contributed by atoms with Gasteiger partial charge in [0.15, 0.2) is 6.10 Å². The van der Waals surface area contributed by atoms with Crippen LogP contribution >= 0.6 is 0 Å². The van der Waals surface area contributed by atoms with Gasteiger partial charge in [0.1, 0.15) is 18.3 Å². The molecule has 5 N–H and O–H groups in total. The highest BCUT2D eigenvalue weighted by molar-refractivity contribution is 5.84. The smallest absolute Gasteiger partial charge is 0.370 e. The maximum absolute atomic E-state index is 11.5. The lowest BCUT2D eigenvalue weighted by Gasteiger charge is -2.39. The summed E-state index contributed by atoms with van der Waals surface area (Å²) in [5.74, 6) is -2.30. The highest BCUT2D eigenvalue weighted by Gasteiger charge is 2.43. The number of amides is 1. The third-order valence-corrected chi connectivity index (χ3v) is 3.57. The van der Waals surface area contributed by atoms with E-state index in [9.17, 15) is 24.9 Å². The zero-order chi connectivity index (χ0) is 19.0. The van der Waals surface area contributed by atoms with E-state index in [1.165, 1.54) is 13.0 Å². The molecule has 0 spiro atoms. The van der Waals surface area contributed by atoms with Gasteiger partial charge >= 0.3 is 5.97 Å². The van der Waals surface area contributed by atoms with E-state index in [4.69, 9.17) is 14.6 Å². The number of aliphatic hydroxyl groups excluding tert-OH is 3. The van der Waals surface area contributed by atoms with Gasteiger partial charge in [0.25, 0.3) is 0 Å². The number of allylic oxidation sites excluding steroid dienone is 1. The number of carbonyl (C=O) groups is 2. The molecule has 1 aliphatic heterocycles. The predicted molar refractivity (Wildman–Crippen MR) is 86.5 cm³/mol. The lowest BCUT2D eigenvalue weighted by Crippen LogP contribution is -2.60. The Morgan fingerprint density at radius 1 is 1.40 bits per heavy atom. The van der Waals surface area contributed by atoms with Crippen molar-refractivity contribution in [1.29, 1.82) is 0 Å². The van der Waals surface area contributed by atoms with Crippen LogP contribution < -0.4 is 5.32 Å². The molecular formula is C16H25NO8. The van der Waals surface area contributed by atoms with Crippen molar-refractivity contribution in [3.05, 3.63) is 24.0 Å². The highest BCUT2D eigenvalue weighted by Crippen LogP contribution is 2.24. The largest absolute Gasteiger partial charge is 0.478 e. The summed E-state index contributed by atoms with van der Waals surface area (Å²) in [6, 6.07) is -0.952. The van der Waals surface area contributed by atoms with E-state index >= 15 is 0 Å². The molecule has 5 atom stereocenters. The Balaban J connectivity index is 3.11. The molecule has 1 rings (SSSR count). The Morgan fingerprint density at radius 3 is 2.60 bits per heavy atom. The average Bonchev–Trinajstić information content (AvgIpc) is 2.57. The van der Waals surface area contributed by atoms with E-state index in [2.05, 4.69) is 5.32 Å². The normalized spacial score (nSPS) is 25.8. The van der Waals surface area contributed by atoms with Crippen molar-refractivity contribution in [1.82, 2.24) is 5.32 Å². The second-order valence-corrected chi connectivity index (χ2v) is 5.56. The minimum atomic E-state index is -1.64. The van der Waals surface area contributed by atoms with E-state index in [0.29, 0.717) is 0 Å². The van der Waals surface area contributed by atoms with E-state index < -0.39 is 54.7 Å². The molecule has 0 radical (unpaired) electrons. The lowest BCUT2D eigenvalue weighted by atomic mass is 9.93. The first kappa shape index (κ1) is 21.1. The molecule has 0 aliphatic carbocycles. The predicted octanol–water partition coefficient (Wildman–Crippen LogP) is -1.08. The van der Waals surface area contributed by atoms with Gasteiger partial charge in [-0.05, 0) is 12.5 Å². The molecule has 0 aromatic rings. The first-order valence-electron chi connectivity index (χ1n) is 7.94. The number of nitrogens with one attached hydrogen (secondary N) is 1. The van der Waals surface area contributed by atoms with Crippen molar-refractivity contribution in [2.24, 2.45) is 0 Å². The molecule has 0 aromatic heterocycles. The van der Waals surface area contributed by atoms with E-state index in [0.717, 1.165) is 6.42 Å². The Labute approximate surface area is 145 Å². The summed E-state index contributed by atoms with van der Waals surface area (Å²) in [7, 11) is 0. The summed E-state index contributed by atoms with van der Waals surface area (Å²) in [5.41, 5.74) is 0. The summed E-state index contributed by atoms with van der Waals surface area (Å²) in [5, 5.41) is 40.6. The van der Waals surface area contributed by atoms with Crippen LogP contribution in [0.4, 0.5) is 0 Å². The summed E-state index contributed by atoms with van der Waals surface area (Å²) < 4.78 is 10.8. The molecule has 9 nitrogen and oxygen atoms in total. The van der Waals surface area contributed by atoms with Gasteiger partial charge in [-0.1, -0.05) is 19.1 Å². The van der Waals surface area contributed by atoms with E-state index in [-0.39, 0.29) is 6.61 Å². The molecule has 1 amide bonds. The van der Waals surface area contributed by atoms with Gasteiger partial charge in [-0.15, -0.1) is 0 Å². The monoisotopic (exact) mass is 359 g/mol. The van der Waals surface area contributed by atoms with Gasteiger partial charge in [-0.25, -0.2) is 4.79 Å². The zero-order valence-electron chi connectivity index (χ0n) is 14.2. The van der Waals surface area contributed by atoms with Gasteiger partial charge in [0, 0.05) is 6.92 Å². The third kappa shape index (κ3) is 6.13. The number of rotatable bonds is 9. The van der Waals surface area contributed by atoms with Crippen molar-refractivity contribution in [3.63, 3.8) is 0 Å². The van der Waals surface area contributed by atoms with Gasteiger partial charge in [0.05, 0.1) is 19.3 Å². The number of hydrogen-bond donors (Lipinski definition) is 5. The van der Waals surface area contributed by atoms with Crippen molar-refractivity contribution in [2.75, 3.05) is 13.2 Å². The van der Waals surface area contributed by atoms with Gasteiger partial charge in [-0.3, -0.25) is 4.79 Å². The molecule has 0 saturated carbocycles. The molecular weight excluding hydrogens is 334 g/mol. The van der Waals surface area contributed by atoms with Crippen LogP contribution in [-0.4, -0.2) is 76.0 Å². The zero-order valence-corrected chi connectivity index (χ0v) is 14.2. The third-order valence-electron chi connectivity index (χ3n) is 3.57. The molecule has 0 unspecified atom stereocenters. The standard InChI is InChI=1S/C16H25NO8/c1-3-4-5-6-24-11-7-12(16(22)23)25-15(13(11)17-9(2)19)14(21)10(20)8-18/h4-5,7,10-11,13-15,18,20-21H,3,6,8H2,1-2H3,(H,17,19)(H,22,23)/t10-,11+,13-,14-,15-/m1/s1. The number of carboxylic acid groups (broad SMARTS) is 1. The van der Waals surface area contributed by atoms with Gasteiger partial charge in [0.2, 0.25) is 11.7 Å². The SMILES string of the molecule is CCC=CCO[C@H]1C=C(C(=O)O)O[C@@H]([C@H](O)[C@H](O)CO)[C@@H]1NC(C)=O. The molecule has 142 valence electrons. The number of hydrogen-bond acceptors (Lipinski definition) is 7. The van der Waals surface area contributed by atoms with E-state index in [1.54, 1.807) is 6.08 Å². The van der Waals surface area contributed by atoms with Crippen molar-refractivity contribution < 1.29 is 39.5 Å². The lowest BCUT2D eigenvalue weighted by molar-refractivity contribution is -0.151. The van der Waals surface area contributed by atoms with Gasteiger partial charge in [-0.2, -0.15) is 0 Å². The fourth-order valence-electron chi connectivity index (χ4n) is 2.38. The van der Waals surface area contributed by atoms with Crippen LogP contribution in [0.5, 0.6) is 0 Å². The van der Waals surface area contributed by atoms with Gasteiger partial charge < -0.3 is 35.2 Å². The van der Waals surface area contributed by atoms with Crippen LogP contribution in [0.15, 0.2) is 24.0 Å². The number of ether oxygens (including phenoxy) is 2. The minimum Gasteiger partial charge on any atom is -0.478 e. The van der Waals surface area contributed by atoms with E-state index in [1.807, 2.05) is 13.0 Å². The second-order valence-electron chi connectivity index (χ2n) is 5.56. The van der Waals surface area contributed by atoms with Crippen LogP contribution in [0.3, 0.4) is 0 Å². The molecule has 0 fully saturated rings. The summed E-state index contributed by atoms with van der Waals surface area (Å²) >= 11 is 0. The van der Waals surface area contributed by atoms with Crippen LogP contribution in [0, 0.1) is 0 Å². The first-order chi connectivity index (χ1) is 11.8. The molecule has 1 aliphatic rings. The molecule has 0 aromatic carbocycles. The maximum Gasteiger partial charge on any atom is 0.370 e. The second kappa shape index (κ2) is 10.1. The fraction of sp³-hybridized carbons (Fsp3) is 0.625. The first-order valence-corrected chi connectivity index (χ1v) is 7.94. The number of carbonyl (C=O) groups excluding carboxylic acids is 1. The summed E-state index contributed by atoms with van der Waals surface area (Å²) in [6.45, 7) is 2.58. The van der Waals surface area contributed by atoms with Crippen LogP contribution in [0.2, 0.25) is 0 Å². The average molecular weight is 359 g/mol. The van der Waals surface area contributed by atoms with Crippen LogP contribution in [0.25, 0.3) is 0 Å². The Kier molecular flexibility index (Phi) is 8.56. The van der Waals surface area contributed by atoms with Crippen LogP contribution in [-0.2, 0) is 19.1 Å². The maximum atomic E-state index is 11.5. The molecule has 1 heterocycles. The molecule has 25 heavy (non-hydrogen) atoms. The number of aliphatic hydroxyl groups is 3. The van der Waals surface area contributed by atoms with Crippen molar-refractivity contribution >= 4 is 11.9 Å². The highest BCUT2D eigenvalue weighted by atomic mass is 16.5. The Morgan fingerprint density at radius 2 is 2.08 bits per heavy atom. The Bertz CT molecular complexity index is 518. The van der Waals surface area contributed by atoms with Crippen molar-refractivity contribution in [2.45, 2.75) is 50.7 Å². The molecule has 9 heteroatoms. The quantitative estimate of drug-likeness (QED) is 0.327. The fourth-order valence-corrected chi connectivity index (χ4v) is 2.38. The number of carboxylic acids is 1. The minimum absolute atomic E-state index is 0.156.